The van der Waals surface area contributed by atoms with Gasteiger partial charge in [0.15, 0.2) is 0 Å². The number of amides is 2. The molecule has 1 aromatic heterocycles. The molecule has 5 nitrogen and oxygen atoms in total. The molecule has 6 heteroatoms. The summed E-state index contributed by atoms with van der Waals surface area (Å²) >= 11 is 1.59. The number of rotatable bonds is 4. The molecule has 2 rings (SSSR count). The Morgan fingerprint density at radius 1 is 1.43 bits per heavy atom. The normalized spacial score (nSPS) is 23.3. The molecule has 2 unspecified atom stereocenters. The zero-order chi connectivity index (χ0) is 15.6. The van der Waals surface area contributed by atoms with E-state index < -0.39 is 11.4 Å². The Morgan fingerprint density at radius 2 is 2.14 bits per heavy atom. The molecule has 0 spiro atoms. The first kappa shape index (κ1) is 15.8. The zero-order valence-corrected chi connectivity index (χ0v) is 13.4. The van der Waals surface area contributed by atoms with Crippen LogP contribution in [0.1, 0.15) is 38.8 Å². The van der Waals surface area contributed by atoms with E-state index in [0.29, 0.717) is 13.0 Å². The Labute approximate surface area is 129 Å². The van der Waals surface area contributed by atoms with E-state index in [4.69, 9.17) is 0 Å². The van der Waals surface area contributed by atoms with E-state index in [1.54, 1.807) is 16.2 Å². The Bertz CT molecular complexity index is 515. The number of carboxylic acids is 1. The van der Waals surface area contributed by atoms with Crippen molar-refractivity contribution < 1.29 is 14.7 Å². The number of hydrogen-bond donors (Lipinski definition) is 2. The molecule has 2 amide bonds. The van der Waals surface area contributed by atoms with Crippen LogP contribution < -0.4 is 5.32 Å². The van der Waals surface area contributed by atoms with Gasteiger partial charge in [-0.25, -0.2) is 4.79 Å². The van der Waals surface area contributed by atoms with Gasteiger partial charge in [-0.1, -0.05) is 13.8 Å². The first-order valence-electron chi connectivity index (χ1n) is 7.18. The van der Waals surface area contributed by atoms with Crippen LogP contribution in [0.25, 0.3) is 0 Å². The van der Waals surface area contributed by atoms with E-state index >= 15 is 0 Å². The lowest BCUT2D eigenvalue weighted by Crippen LogP contribution is -2.44. The van der Waals surface area contributed by atoms with Gasteiger partial charge in [0.2, 0.25) is 0 Å². The lowest BCUT2D eigenvalue weighted by Gasteiger charge is -2.29. The summed E-state index contributed by atoms with van der Waals surface area (Å²) in [6, 6.07) is 1.73. The quantitative estimate of drug-likeness (QED) is 0.898. The number of nitrogens with zero attached hydrogens (tertiary/aromatic N) is 1. The highest BCUT2D eigenvalue weighted by Gasteiger charge is 2.48. The summed E-state index contributed by atoms with van der Waals surface area (Å²) in [5.74, 6) is -0.805. The maximum atomic E-state index is 12.3. The highest BCUT2D eigenvalue weighted by molar-refractivity contribution is 7.07. The molecular weight excluding hydrogens is 288 g/mol. The molecule has 1 fully saturated rings. The molecule has 2 heterocycles. The van der Waals surface area contributed by atoms with Crippen molar-refractivity contribution in [2.75, 3.05) is 13.1 Å². The average Bonchev–Trinajstić information content (AvgIpc) is 3.09. The second kappa shape index (κ2) is 6.05. The first-order chi connectivity index (χ1) is 9.86. The average molecular weight is 310 g/mol. The van der Waals surface area contributed by atoms with Crippen molar-refractivity contribution in [1.82, 2.24) is 10.2 Å². The number of aliphatic carboxylic acids is 1. The summed E-state index contributed by atoms with van der Waals surface area (Å²) in [5, 5.41) is 16.4. The summed E-state index contributed by atoms with van der Waals surface area (Å²) in [4.78, 5) is 25.5. The molecule has 1 aliphatic rings. The first-order valence-corrected chi connectivity index (χ1v) is 8.12. The van der Waals surface area contributed by atoms with Crippen LogP contribution in [-0.4, -0.2) is 35.1 Å². The minimum Gasteiger partial charge on any atom is -0.481 e. The van der Waals surface area contributed by atoms with Crippen LogP contribution in [0.3, 0.4) is 0 Å². The van der Waals surface area contributed by atoms with Gasteiger partial charge >= 0.3 is 12.0 Å². The lowest BCUT2D eigenvalue weighted by molar-refractivity contribution is -0.150. The highest BCUT2D eigenvalue weighted by Crippen LogP contribution is 2.38. The number of carbonyl (C=O) groups excluding carboxylic acids is 1. The predicted octanol–water partition coefficient (Wildman–Crippen LogP) is 2.95. The van der Waals surface area contributed by atoms with Gasteiger partial charge in [-0.3, -0.25) is 4.79 Å². The van der Waals surface area contributed by atoms with Crippen LogP contribution in [0, 0.1) is 11.3 Å². The number of hydrogen-bond acceptors (Lipinski definition) is 3. The number of urea groups is 1. The van der Waals surface area contributed by atoms with Crippen molar-refractivity contribution >= 4 is 23.3 Å². The third kappa shape index (κ3) is 3.05. The van der Waals surface area contributed by atoms with Gasteiger partial charge in [-0.05, 0) is 41.7 Å². The van der Waals surface area contributed by atoms with Crippen molar-refractivity contribution in [3.8, 4) is 0 Å². The predicted molar refractivity (Wildman–Crippen MR) is 82.4 cm³/mol. The van der Waals surface area contributed by atoms with Gasteiger partial charge in [0.1, 0.15) is 0 Å². The third-order valence-corrected chi connectivity index (χ3v) is 5.20. The zero-order valence-electron chi connectivity index (χ0n) is 12.6. The number of thiophene rings is 1. The van der Waals surface area contributed by atoms with Gasteiger partial charge < -0.3 is 15.3 Å². The maximum absolute atomic E-state index is 12.3. The van der Waals surface area contributed by atoms with E-state index in [-0.39, 0.29) is 24.5 Å². The standard InChI is InChI=1S/C15H22N2O3S/c1-10(2)15(13(18)19)5-6-17(9-15)14(20)16-11(3)12-4-7-21-8-12/h4,7-8,10-11H,5-6,9H2,1-3H3,(H,16,20)(H,18,19). The molecule has 1 aromatic rings. The van der Waals surface area contributed by atoms with Crippen LogP contribution in [0.5, 0.6) is 0 Å². The van der Waals surface area contributed by atoms with Crippen LogP contribution >= 0.6 is 11.3 Å². The summed E-state index contributed by atoms with van der Waals surface area (Å²) in [5.41, 5.74) is 0.254. The van der Waals surface area contributed by atoms with Gasteiger partial charge in [0, 0.05) is 13.1 Å². The molecule has 116 valence electrons. The SMILES string of the molecule is CC(NC(=O)N1CCC(C(=O)O)(C(C)C)C1)c1ccsc1. The molecule has 21 heavy (non-hydrogen) atoms. The van der Waals surface area contributed by atoms with E-state index in [0.717, 1.165) is 5.56 Å². The second-order valence-electron chi connectivity index (χ2n) is 6.02. The van der Waals surface area contributed by atoms with Crippen molar-refractivity contribution in [1.29, 1.82) is 0 Å². The Hall–Kier alpha value is -1.56. The fourth-order valence-corrected chi connectivity index (χ4v) is 3.53. The third-order valence-electron chi connectivity index (χ3n) is 4.50. The van der Waals surface area contributed by atoms with Crippen molar-refractivity contribution in [2.45, 2.75) is 33.2 Å². The minimum absolute atomic E-state index is 0.00194. The summed E-state index contributed by atoms with van der Waals surface area (Å²) in [7, 11) is 0. The molecular formula is C15H22N2O3S. The minimum atomic E-state index is -0.817. The maximum Gasteiger partial charge on any atom is 0.317 e. The number of nitrogens with one attached hydrogen (secondary N) is 1. The second-order valence-corrected chi connectivity index (χ2v) is 6.80. The van der Waals surface area contributed by atoms with Crippen LogP contribution in [-0.2, 0) is 4.79 Å². The fourth-order valence-electron chi connectivity index (χ4n) is 2.78. The van der Waals surface area contributed by atoms with E-state index in [9.17, 15) is 14.7 Å². The van der Waals surface area contributed by atoms with E-state index in [2.05, 4.69) is 5.32 Å². The molecule has 1 aliphatic heterocycles. The molecule has 2 N–H and O–H groups in total. The molecule has 0 bridgehead atoms. The van der Waals surface area contributed by atoms with Crippen molar-refractivity contribution in [2.24, 2.45) is 11.3 Å². The van der Waals surface area contributed by atoms with Crippen molar-refractivity contribution in [3.63, 3.8) is 0 Å². The van der Waals surface area contributed by atoms with Gasteiger partial charge in [-0.15, -0.1) is 0 Å². The Kier molecular flexibility index (Phi) is 4.56. The van der Waals surface area contributed by atoms with Crippen LogP contribution in [0.4, 0.5) is 4.79 Å². The van der Waals surface area contributed by atoms with Gasteiger partial charge in [-0.2, -0.15) is 11.3 Å². The Balaban J connectivity index is 2.00. The van der Waals surface area contributed by atoms with E-state index in [1.165, 1.54) is 0 Å². The lowest BCUT2D eigenvalue weighted by atomic mass is 9.76. The summed E-state index contributed by atoms with van der Waals surface area (Å²) in [6.07, 6.45) is 0.514. The largest absolute Gasteiger partial charge is 0.481 e. The Morgan fingerprint density at radius 3 is 2.62 bits per heavy atom. The van der Waals surface area contributed by atoms with Crippen LogP contribution in [0.15, 0.2) is 16.8 Å². The molecule has 2 atom stereocenters. The number of carboxylic acid groups (broad SMARTS) is 1. The highest BCUT2D eigenvalue weighted by atomic mass is 32.1. The smallest absolute Gasteiger partial charge is 0.317 e. The molecule has 0 saturated carbocycles. The summed E-state index contributed by atoms with van der Waals surface area (Å²) in [6.45, 7) is 6.52. The molecule has 0 radical (unpaired) electrons. The number of carbonyl (C=O) groups is 2. The number of likely N-dealkylation sites (tertiary alicyclic amines) is 1. The molecule has 1 saturated heterocycles. The van der Waals surface area contributed by atoms with Gasteiger partial charge in [0.05, 0.1) is 11.5 Å². The van der Waals surface area contributed by atoms with E-state index in [1.807, 2.05) is 37.6 Å². The van der Waals surface area contributed by atoms with Crippen molar-refractivity contribution in [3.05, 3.63) is 22.4 Å². The van der Waals surface area contributed by atoms with Crippen LogP contribution in [0.2, 0.25) is 0 Å². The van der Waals surface area contributed by atoms with Gasteiger partial charge in [0.25, 0.3) is 0 Å². The molecule has 0 aliphatic carbocycles. The molecule has 0 aromatic carbocycles. The fraction of sp³-hybridized carbons (Fsp3) is 0.600. The topological polar surface area (TPSA) is 69.6 Å². The monoisotopic (exact) mass is 310 g/mol. The summed E-state index contributed by atoms with van der Waals surface area (Å²) < 4.78 is 0.